The van der Waals surface area contributed by atoms with Gasteiger partial charge in [0.2, 0.25) is 0 Å². The van der Waals surface area contributed by atoms with E-state index < -0.39 is 0 Å². The number of aliphatic hydroxyl groups is 1. The van der Waals surface area contributed by atoms with Gasteiger partial charge >= 0.3 is 0 Å². The van der Waals surface area contributed by atoms with Gasteiger partial charge in [0.25, 0.3) is 0 Å². The van der Waals surface area contributed by atoms with Crippen molar-refractivity contribution in [1.29, 1.82) is 0 Å². The molecule has 3 aromatic heterocycles. The SMILES string of the molecule is CCc1ccccc1-c1cc2cc(Nc3cnn(CCO)c3)ncc2c(N)n1. The molecule has 0 saturated carbocycles. The molecule has 0 aliphatic rings. The van der Waals surface area contributed by atoms with E-state index in [9.17, 15) is 0 Å². The summed E-state index contributed by atoms with van der Waals surface area (Å²) in [5.74, 6) is 1.16. The number of anilines is 3. The minimum Gasteiger partial charge on any atom is -0.394 e. The molecule has 0 bridgehead atoms. The third-order valence-corrected chi connectivity index (χ3v) is 4.65. The average molecular weight is 374 g/mol. The van der Waals surface area contributed by atoms with E-state index in [-0.39, 0.29) is 6.61 Å². The van der Waals surface area contributed by atoms with Gasteiger partial charge in [-0.05, 0) is 29.5 Å². The van der Waals surface area contributed by atoms with Crippen molar-refractivity contribution in [1.82, 2.24) is 19.7 Å². The van der Waals surface area contributed by atoms with Crippen LogP contribution in [0.25, 0.3) is 22.0 Å². The maximum atomic E-state index is 9.01. The topological polar surface area (TPSA) is 102 Å². The number of benzene rings is 1. The van der Waals surface area contributed by atoms with Crippen molar-refractivity contribution < 1.29 is 5.11 Å². The number of hydrogen-bond donors (Lipinski definition) is 3. The van der Waals surface area contributed by atoms with Gasteiger partial charge in [-0.1, -0.05) is 31.2 Å². The molecular weight excluding hydrogens is 352 g/mol. The number of nitrogens with one attached hydrogen (secondary N) is 1. The lowest BCUT2D eigenvalue weighted by atomic mass is 10.0. The lowest BCUT2D eigenvalue weighted by Gasteiger charge is -2.11. The summed E-state index contributed by atoms with van der Waals surface area (Å²) in [4.78, 5) is 9.03. The highest BCUT2D eigenvalue weighted by atomic mass is 16.3. The second-order valence-electron chi connectivity index (χ2n) is 6.53. The number of nitrogens with two attached hydrogens (primary N) is 1. The highest BCUT2D eigenvalue weighted by molar-refractivity contribution is 5.94. The van der Waals surface area contributed by atoms with Crippen LogP contribution in [0.1, 0.15) is 12.5 Å². The zero-order valence-electron chi connectivity index (χ0n) is 15.6. The summed E-state index contributed by atoms with van der Waals surface area (Å²) in [5, 5.41) is 18.2. The molecule has 7 heteroatoms. The lowest BCUT2D eigenvalue weighted by molar-refractivity contribution is 0.269. The Kier molecular flexibility index (Phi) is 4.90. The monoisotopic (exact) mass is 374 g/mol. The smallest absolute Gasteiger partial charge is 0.133 e. The van der Waals surface area contributed by atoms with Crippen LogP contribution in [0.5, 0.6) is 0 Å². The van der Waals surface area contributed by atoms with Crippen LogP contribution in [-0.4, -0.2) is 31.5 Å². The van der Waals surface area contributed by atoms with Crippen molar-refractivity contribution in [2.75, 3.05) is 17.7 Å². The van der Waals surface area contributed by atoms with E-state index >= 15 is 0 Å². The summed E-state index contributed by atoms with van der Waals surface area (Å²) in [6.07, 6.45) is 6.18. The highest BCUT2D eigenvalue weighted by Gasteiger charge is 2.10. The van der Waals surface area contributed by atoms with Crippen LogP contribution in [0.3, 0.4) is 0 Å². The van der Waals surface area contributed by atoms with Gasteiger partial charge in [0, 0.05) is 23.3 Å². The van der Waals surface area contributed by atoms with Gasteiger partial charge in [0.05, 0.1) is 30.7 Å². The molecule has 1 aromatic carbocycles. The van der Waals surface area contributed by atoms with Crippen LogP contribution in [-0.2, 0) is 13.0 Å². The molecule has 0 atom stereocenters. The molecule has 0 unspecified atom stereocenters. The van der Waals surface area contributed by atoms with Crippen molar-refractivity contribution in [2.24, 2.45) is 0 Å². The number of aryl methyl sites for hydroxylation is 1. The molecule has 4 aromatic rings. The standard InChI is InChI=1S/C21H22N6O/c1-2-14-5-3-4-6-17(14)19-9-15-10-20(23-12-18(15)21(22)26-19)25-16-11-24-27(13-16)7-8-28/h3-6,9-13,28H,2,7-8H2,1H3,(H2,22,26)(H,23,25). The van der Waals surface area contributed by atoms with E-state index in [2.05, 4.69) is 39.4 Å². The lowest BCUT2D eigenvalue weighted by Crippen LogP contribution is -2.01. The molecule has 142 valence electrons. The number of aromatic nitrogens is 4. The molecule has 7 nitrogen and oxygen atoms in total. The van der Waals surface area contributed by atoms with Gasteiger partial charge in [0.15, 0.2) is 0 Å². The van der Waals surface area contributed by atoms with Gasteiger partial charge in [-0.25, -0.2) is 9.97 Å². The van der Waals surface area contributed by atoms with Gasteiger partial charge in [-0.15, -0.1) is 0 Å². The Balaban J connectivity index is 1.71. The van der Waals surface area contributed by atoms with E-state index in [0.29, 0.717) is 18.2 Å². The normalized spacial score (nSPS) is 11.1. The number of rotatable bonds is 6. The average Bonchev–Trinajstić information content (AvgIpc) is 3.14. The van der Waals surface area contributed by atoms with Crippen LogP contribution in [0.4, 0.5) is 17.3 Å². The molecule has 0 aliphatic carbocycles. The molecule has 0 radical (unpaired) electrons. The molecule has 4 N–H and O–H groups in total. The third-order valence-electron chi connectivity index (χ3n) is 4.65. The Bertz CT molecular complexity index is 1120. The Labute approximate surface area is 162 Å². The van der Waals surface area contributed by atoms with Crippen molar-refractivity contribution in [3.63, 3.8) is 0 Å². The van der Waals surface area contributed by atoms with E-state index in [1.807, 2.05) is 30.5 Å². The number of fused-ring (bicyclic) bond motifs is 1. The van der Waals surface area contributed by atoms with E-state index in [1.165, 1.54) is 5.56 Å². The Morgan fingerprint density at radius 2 is 2.04 bits per heavy atom. The Morgan fingerprint density at radius 3 is 2.86 bits per heavy atom. The van der Waals surface area contributed by atoms with Crippen molar-refractivity contribution in [3.05, 3.63) is 60.6 Å². The fraction of sp³-hybridized carbons (Fsp3) is 0.190. The molecule has 4 rings (SSSR count). The molecule has 28 heavy (non-hydrogen) atoms. The summed E-state index contributed by atoms with van der Waals surface area (Å²) in [6.45, 7) is 2.63. The molecule has 0 fully saturated rings. The van der Waals surface area contributed by atoms with Crippen LogP contribution >= 0.6 is 0 Å². The summed E-state index contributed by atoms with van der Waals surface area (Å²) >= 11 is 0. The summed E-state index contributed by atoms with van der Waals surface area (Å²) in [6, 6.07) is 12.2. The number of aliphatic hydroxyl groups excluding tert-OH is 1. The minimum absolute atomic E-state index is 0.0453. The first-order valence-corrected chi connectivity index (χ1v) is 9.23. The first-order chi connectivity index (χ1) is 13.7. The predicted octanol–water partition coefficient (Wildman–Crippen LogP) is 3.37. The maximum absolute atomic E-state index is 9.01. The summed E-state index contributed by atoms with van der Waals surface area (Å²) < 4.78 is 1.67. The summed E-state index contributed by atoms with van der Waals surface area (Å²) in [5.41, 5.74) is 10.2. The van der Waals surface area contributed by atoms with E-state index in [1.54, 1.807) is 17.1 Å². The molecule has 0 spiro atoms. The van der Waals surface area contributed by atoms with Gasteiger partial charge in [0.1, 0.15) is 11.6 Å². The quantitative estimate of drug-likeness (QED) is 0.478. The number of nitrogens with zero attached hydrogens (tertiary/aromatic N) is 4. The zero-order chi connectivity index (χ0) is 19.5. The van der Waals surface area contributed by atoms with Crippen LogP contribution in [0.2, 0.25) is 0 Å². The largest absolute Gasteiger partial charge is 0.394 e. The first-order valence-electron chi connectivity index (χ1n) is 9.23. The molecule has 0 saturated heterocycles. The zero-order valence-corrected chi connectivity index (χ0v) is 15.6. The number of nitrogen functional groups attached to an aromatic ring is 1. The number of hydrogen-bond acceptors (Lipinski definition) is 6. The van der Waals surface area contributed by atoms with Crippen molar-refractivity contribution in [3.8, 4) is 11.3 Å². The maximum Gasteiger partial charge on any atom is 0.133 e. The molecule has 0 amide bonds. The van der Waals surface area contributed by atoms with Gasteiger partial charge < -0.3 is 16.2 Å². The predicted molar refractivity (Wildman–Crippen MR) is 111 cm³/mol. The van der Waals surface area contributed by atoms with Crippen LogP contribution < -0.4 is 11.1 Å². The molecule has 0 aliphatic heterocycles. The van der Waals surface area contributed by atoms with Gasteiger partial charge in [-0.3, -0.25) is 4.68 Å². The fourth-order valence-electron chi connectivity index (χ4n) is 3.26. The Hall–Kier alpha value is -3.45. The summed E-state index contributed by atoms with van der Waals surface area (Å²) in [7, 11) is 0. The van der Waals surface area contributed by atoms with Crippen molar-refractivity contribution in [2.45, 2.75) is 19.9 Å². The van der Waals surface area contributed by atoms with Crippen molar-refractivity contribution >= 4 is 28.1 Å². The first kappa shape index (κ1) is 17.9. The minimum atomic E-state index is 0.0453. The van der Waals surface area contributed by atoms with E-state index in [0.717, 1.165) is 34.1 Å². The number of pyridine rings is 2. The second kappa shape index (κ2) is 7.66. The van der Waals surface area contributed by atoms with Crippen LogP contribution in [0, 0.1) is 0 Å². The third kappa shape index (κ3) is 3.52. The molecule has 3 heterocycles. The fourth-order valence-corrected chi connectivity index (χ4v) is 3.26. The van der Waals surface area contributed by atoms with E-state index in [4.69, 9.17) is 10.8 Å². The second-order valence-corrected chi connectivity index (χ2v) is 6.53. The molecular formula is C21H22N6O. The van der Waals surface area contributed by atoms with Crippen LogP contribution in [0.15, 0.2) is 55.0 Å². The highest BCUT2D eigenvalue weighted by Crippen LogP contribution is 2.30. The van der Waals surface area contributed by atoms with Gasteiger partial charge in [-0.2, -0.15) is 5.10 Å². The Morgan fingerprint density at radius 1 is 1.18 bits per heavy atom.